The zero-order valence-electron chi connectivity index (χ0n) is 9.82. The van der Waals surface area contributed by atoms with E-state index < -0.39 is 10.8 Å². The Hall–Kier alpha value is -1.16. The van der Waals surface area contributed by atoms with Crippen molar-refractivity contribution in [3.63, 3.8) is 0 Å². The van der Waals surface area contributed by atoms with Crippen LogP contribution in [0.5, 0.6) is 0 Å². The summed E-state index contributed by atoms with van der Waals surface area (Å²) in [6.07, 6.45) is 1.70. The molecule has 1 rings (SSSR count). The fourth-order valence-corrected chi connectivity index (χ4v) is 1.52. The van der Waals surface area contributed by atoms with Crippen molar-refractivity contribution in [2.45, 2.75) is 19.1 Å². The van der Waals surface area contributed by atoms with Crippen LogP contribution in [0.1, 0.15) is 24.2 Å². The van der Waals surface area contributed by atoms with E-state index in [1.54, 1.807) is 25.3 Å². The van der Waals surface area contributed by atoms with Crippen LogP contribution in [0, 0.1) is 0 Å². The van der Waals surface area contributed by atoms with Crippen molar-refractivity contribution >= 4 is 22.3 Å². The van der Waals surface area contributed by atoms with Gasteiger partial charge >= 0.3 is 0 Å². The summed E-state index contributed by atoms with van der Waals surface area (Å²) in [5.41, 5.74) is 1.65. The minimum atomic E-state index is -0.812. The van der Waals surface area contributed by atoms with Gasteiger partial charge in [-0.25, -0.2) is 0 Å². The van der Waals surface area contributed by atoms with Gasteiger partial charge in [0, 0.05) is 40.1 Å². The number of hydrogen-bond donors (Lipinski definition) is 1. The normalized spacial score (nSPS) is 14.2. The molecule has 16 heavy (non-hydrogen) atoms. The molecule has 0 aromatic heterocycles. The van der Waals surface area contributed by atoms with Crippen molar-refractivity contribution in [1.29, 1.82) is 0 Å². The summed E-state index contributed by atoms with van der Waals surface area (Å²) in [6, 6.07) is 7.31. The van der Waals surface area contributed by atoms with Crippen molar-refractivity contribution in [1.82, 2.24) is 0 Å². The maximum Gasteiger partial charge on any atom is 0.159 e. The van der Waals surface area contributed by atoms with Crippen molar-refractivity contribution in [2.75, 3.05) is 18.1 Å². The van der Waals surface area contributed by atoms with Gasteiger partial charge in [-0.05, 0) is 38.1 Å². The van der Waals surface area contributed by atoms with E-state index in [4.69, 9.17) is 0 Å². The molecule has 0 aliphatic heterocycles. The zero-order valence-corrected chi connectivity index (χ0v) is 10.6. The molecule has 0 bridgehead atoms. The first kappa shape index (κ1) is 12.9. The summed E-state index contributed by atoms with van der Waals surface area (Å²) >= 11 is 0. The summed E-state index contributed by atoms with van der Waals surface area (Å²) < 4.78 is 11.1. The van der Waals surface area contributed by atoms with Crippen LogP contribution in [0.2, 0.25) is 0 Å². The minimum absolute atomic E-state index is 0.0644. The molecule has 0 amide bonds. The molecule has 2 atom stereocenters. The molecule has 0 heterocycles. The van der Waals surface area contributed by atoms with Crippen LogP contribution >= 0.6 is 0 Å². The Morgan fingerprint density at radius 1 is 1.38 bits per heavy atom. The number of carbonyl (C=O) groups excluding carboxylic acids is 1. The third-order valence-electron chi connectivity index (χ3n) is 2.45. The molecule has 0 saturated carbocycles. The molecule has 2 unspecified atom stereocenters. The van der Waals surface area contributed by atoms with Gasteiger partial charge in [0.05, 0.1) is 0 Å². The second-order valence-corrected chi connectivity index (χ2v) is 5.63. The Balaban J connectivity index is 2.56. The zero-order chi connectivity index (χ0) is 12.1. The molecular formula is C12H17NO2S. The lowest BCUT2D eigenvalue weighted by atomic mass is 10.1. The summed E-state index contributed by atoms with van der Waals surface area (Å²) in [5, 5.41) is 3.31. The van der Waals surface area contributed by atoms with Crippen molar-refractivity contribution in [3.05, 3.63) is 29.8 Å². The summed E-state index contributed by atoms with van der Waals surface area (Å²) in [6.45, 7) is 4.15. The van der Waals surface area contributed by atoms with Gasteiger partial charge in [-0.2, -0.15) is 0 Å². The van der Waals surface area contributed by atoms with Gasteiger partial charge in [0.1, 0.15) is 0 Å². The Morgan fingerprint density at radius 2 is 1.94 bits per heavy atom. The first-order valence-electron chi connectivity index (χ1n) is 5.18. The van der Waals surface area contributed by atoms with E-state index in [0.29, 0.717) is 12.1 Å². The molecular weight excluding hydrogens is 222 g/mol. The smallest absolute Gasteiger partial charge is 0.159 e. The summed E-state index contributed by atoms with van der Waals surface area (Å²) in [7, 11) is -0.812. The Kier molecular flexibility index (Phi) is 4.68. The minimum Gasteiger partial charge on any atom is -0.384 e. The summed E-state index contributed by atoms with van der Waals surface area (Å²) in [4.78, 5) is 11.1. The molecule has 0 spiro atoms. The Bertz CT molecular complexity index is 387. The number of anilines is 1. The van der Waals surface area contributed by atoms with Crippen LogP contribution in [-0.4, -0.2) is 28.0 Å². The average molecular weight is 239 g/mol. The number of ketones is 1. The molecule has 0 fully saturated rings. The largest absolute Gasteiger partial charge is 0.384 e. The molecule has 88 valence electrons. The number of nitrogens with one attached hydrogen (secondary N) is 1. The van der Waals surface area contributed by atoms with E-state index in [-0.39, 0.29) is 11.0 Å². The summed E-state index contributed by atoms with van der Waals surface area (Å²) in [5.74, 6) is 0.0644. The SMILES string of the molecule is CC(=O)c1ccc(NCC(C)S(C)=O)cc1. The van der Waals surface area contributed by atoms with Gasteiger partial charge < -0.3 is 5.32 Å². The standard InChI is InChI=1S/C12H17NO2S/c1-9(16(3)15)8-13-12-6-4-11(5-7-12)10(2)14/h4-7,9,13H,8H2,1-3H3. The van der Waals surface area contributed by atoms with E-state index in [1.165, 1.54) is 0 Å². The maximum absolute atomic E-state index is 11.1. The monoisotopic (exact) mass is 239 g/mol. The molecule has 1 aromatic rings. The van der Waals surface area contributed by atoms with E-state index in [9.17, 15) is 9.00 Å². The van der Waals surface area contributed by atoms with Crippen LogP contribution in [0.15, 0.2) is 24.3 Å². The average Bonchev–Trinajstić information content (AvgIpc) is 2.26. The van der Waals surface area contributed by atoms with Crippen molar-refractivity contribution < 1.29 is 9.00 Å². The number of hydrogen-bond acceptors (Lipinski definition) is 3. The predicted octanol–water partition coefficient (Wildman–Crippen LogP) is 2.07. The second-order valence-electron chi connectivity index (χ2n) is 3.82. The number of rotatable bonds is 5. The first-order chi connectivity index (χ1) is 7.50. The topological polar surface area (TPSA) is 46.2 Å². The molecule has 3 nitrogen and oxygen atoms in total. The van der Waals surface area contributed by atoms with Crippen LogP contribution in [0.3, 0.4) is 0 Å². The third-order valence-corrected chi connectivity index (χ3v) is 3.75. The van der Waals surface area contributed by atoms with Gasteiger partial charge in [0.25, 0.3) is 0 Å². The third kappa shape index (κ3) is 3.77. The molecule has 0 aliphatic carbocycles. The molecule has 0 aliphatic rings. The van der Waals surface area contributed by atoms with E-state index >= 15 is 0 Å². The quantitative estimate of drug-likeness (QED) is 0.800. The van der Waals surface area contributed by atoms with Gasteiger partial charge in [0.2, 0.25) is 0 Å². The fraction of sp³-hybridized carbons (Fsp3) is 0.417. The predicted molar refractivity (Wildman–Crippen MR) is 68.5 cm³/mol. The number of Topliss-reactive ketones (excluding diaryl/α,β-unsaturated/α-hetero) is 1. The highest BCUT2D eigenvalue weighted by Gasteiger charge is 2.05. The van der Waals surface area contributed by atoms with E-state index in [1.807, 2.05) is 19.1 Å². The molecule has 4 heteroatoms. The highest BCUT2D eigenvalue weighted by Crippen LogP contribution is 2.10. The lowest BCUT2D eigenvalue weighted by Gasteiger charge is -2.11. The van der Waals surface area contributed by atoms with Gasteiger partial charge in [0.15, 0.2) is 5.78 Å². The second kappa shape index (κ2) is 5.80. The van der Waals surface area contributed by atoms with Gasteiger partial charge in [-0.3, -0.25) is 9.00 Å². The van der Waals surface area contributed by atoms with Crippen LogP contribution in [0.25, 0.3) is 0 Å². The highest BCUT2D eigenvalue weighted by atomic mass is 32.2. The van der Waals surface area contributed by atoms with Crippen LogP contribution < -0.4 is 5.32 Å². The molecule has 1 N–H and O–H groups in total. The molecule has 1 aromatic carbocycles. The van der Waals surface area contributed by atoms with Crippen LogP contribution in [0.4, 0.5) is 5.69 Å². The Morgan fingerprint density at radius 3 is 2.38 bits per heavy atom. The van der Waals surface area contributed by atoms with Crippen LogP contribution in [-0.2, 0) is 10.8 Å². The molecule has 0 saturated heterocycles. The number of benzene rings is 1. The lowest BCUT2D eigenvalue weighted by molar-refractivity contribution is 0.101. The maximum atomic E-state index is 11.1. The van der Waals surface area contributed by atoms with E-state index in [2.05, 4.69) is 5.32 Å². The van der Waals surface area contributed by atoms with Gasteiger partial charge in [-0.15, -0.1) is 0 Å². The van der Waals surface area contributed by atoms with Crippen molar-refractivity contribution in [2.24, 2.45) is 0 Å². The van der Waals surface area contributed by atoms with Crippen molar-refractivity contribution in [3.8, 4) is 0 Å². The highest BCUT2D eigenvalue weighted by molar-refractivity contribution is 7.84. The Labute approximate surface area is 98.7 Å². The number of carbonyl (C=O) groups is 1. The van der Waals surface area contributed by atoms with E-state index in [0.717, 1.165) is 5.69 Å². The van der Waals surface area contributed by atoms with Gasteiger partial charge in [-0.1, -0.05) is 0 Å². The lowest BCUT2D eigenvalue weighted by Crippen LogP contribution is -2.20. The fourth-order valence-electron chi connectivity index (χ4n) is 1.20. The molecule has 0 radical (unpaired) electrons. The first-order valence-corrected chi connectivity index (χ1v) is 6.80.